The van der Waals surface area contributed by atoms with Gasteiger partial charge in [0.25, 0.3) is 10.0 Å². The molecule has 0 fully saturated rings. The van der Waals surface area contributed by atoms with E-state index in [2.05, 4.69) is 9.71 Å². The van der Waals surface area contributed by atoms with Gasteiger partial charge in [-0.05, 0) is 37.3 Å². The molecule has 100 valence electrons. The van der Waals surface area contributed by atoms with Gasteiger partial charge in [-0.3, -0.25) is 9.71 Å². The molecule has 0 atom stereocenters. The molecule has 0 saturated carbocycles. The lowest BCUT2D eigenvalue weighted by atomic mass is 10.3. The molecule has 7 heteroatoms. The summed E-state index contributed by atoms with van der Waals surface area (Å²) in [5.74, 6) is -0.890. The number of nitrogen functional groups attached to an aromatic ring is 1. The van der Waals surface area contributed by atoms with Gasteiger partial charge in [0.1, 0.15) is 10.7 Å². The van der Waals surface area contributed by atoms with Crippen LogP contribution in [0.5, 0.6) is 0 Å². The molecule has 19 heavy (non-hydrogen) atoms. The van der Waals surface area contributed by atoms with Crippen molar-refractivity contribution in [2.75, 3.05) is 10.5 Å². The Hall–Kier alpha value is -2.15. The lowest BCUT2D eigenvalue weighted by Crippen LogP contribution is -2.15. The number of hydrogen-bond acceptors (Lipinski definition) is 4. The lowest BCUT2D eigenvalue weighted by molar-refractivity contribution is 0.571. The molecule has 0 aliphatic heterocycles. The first kappa shape index (κ1) is 13.3. The lowest BCUT2D eigenvalue weighted by Gasteiger charge is -2.09. The van der Waals surface area contributed by atoms with E-state index in [1.165, 1.54) is 18.3 Å². The average Bonchev–Trinajstić information content (AvgIpc) is 2.27. The first-order chi connectivity index (χ1) is 8.88. The zero-order valence-corrected chi connectivity index (χ0v) is 10.9. The van der Waals surface area contributed by atoms with Crippen LogP contribution in [0.2, 0.25) is 0 Å². The Morgan fingerprint density at radius 1 is 1.26 bits per heavy atom. The number of pyridine rings is 1. The minimum absolute atomic E-state index is 0.163. The topological polar surface area (TPSA) is 85.1 Å². The molecule has 0 spiro atoms. The fraction of sp³-hybridized carbons (Fsp3) is 0.0833. The van der Waals surface area contributed by atoms with Gasteiger partial charge < -0.3 is 5.73 Å². The fourth-order valence-corrected chi connectivity index (χ4v) is 2.66. The average molecular weight is 281 g/mol. The van der Waals surface area contributed by atoms with Gasteiger partial charge in [0.15, 0.2) is 0 Å². The molecule has 0 saturated heterocycles. The van der Waals surface area contributed by atoms with E-state index in [0.29, 0.717) is 11.4 Å². The van der Waals surface area contributed by atoms with Crippen molar-refractivity contribution in [3.8, 4) is 0 Å². The van der Waals surface area contributed by atoms with Crippen LogP contribution in [-0.4, -0.2) is 13.4 Å². The number of nitrogens with one attached hydrogen (secondary N) is 1. The summed E-state index contributed by atoms with van der Waals surface area (Å²) in [5.41, 5.74) is 6.52. The highest BCUT2D eigenvalue weighted by molar-refractivity contribution is 7.92. The molecule has 0 bridgehead atoms. The predicted molar refractivity (Wildman–Crippen MR) is 70.6 cm³/mol. The van der Waals surface area contributed by atoms with Crippen molar-refractivity contribution in [1.29, 1.82) is 0 Å². The first-order valence-electron chi connectivity index (χ1n) is 5.39. The Balaban J connectivity index is 2.38. The second-order valence-corrected chi connectivity index (χ2v) is 5.63. The second-order valence-electron chi connectivity index (χ2n) is 3.98. The van der Waals surface area contributed by atoms with Gasteiger partial charge in [-0.25, -0.2) is 12.8 Å². The van der Waals surface area contributed by atoms with Crippen LogP contribution in [0.25, 0.3) is 0 Å². The summed E-state index contributed by atoms with van der Waals surface area (Å²) in [6.45, 7) is 1.72. The molecule has 2 aromatic rings. The van der Waals surface area contributed by atoms with Crippen LogP contribution in [0, 0.1) is 12.7 Å². The largest absolute Gasteiger partial charge is 0.399 e. The standard InChI is InChI=1S/C12H12FN3O2S/c1-8-6-10(4-5-15-8)16-19(17,18)12-3-2-9(14)7-11(12)13/h2-7H,14H2,1H3,(H,15,16). The van der Waals surface area contributed by atoms with Gasteiger partial charge in [0.05, 0.1) is 5.69 Å². The van der Waals surface area contributed by atoms with Crippen molar-refractivity contribution in [1.82, 2.24) is 4.98 Å². The zero-order valence-electron chi connectivity index (χ0n) is 10.1. The quantitative estimate of drug-likeness (QED) is 0.842. The van der Waals surface area contributed by atoms with Crippen molar-refractivity contribution >= 4 is 21.4 Å². The van der Waals surface area contributed by atoms with E-state index >= 15 is 0 Å². The number of halogens is 1. The fourth-order valence-electron chi connectivity index (χ4n) is 1.55. The van der Waals surface area contributed by atoms with Crippen molar-refractivity contribution in [2.45, 2.75) is 11.8 Å². The van der Waals surface area contributed by atoms with E-state index in [-0.39, 0.29) is 5.69 Å². The molecule has 0 radical (unpaired) electrons. The zero-order chi connectivity index (χ0) is 14.0. The number of nitrogens with zero attached hydrogens (tertiary/aromatic N) is 1. The molecule has 0 amide bonds. The molecule has 2 rings (SSSR count). The molecular weight excluding hydrogens is 269 g/mol. The van der Waals surface area contributed by atoms with E-state index in [4.69, 9.17) is 5.73 Å². The third kappa shape index (κ3) is 3.00. The highest BCUT2D eigenvalue weighted by atomic mass is 32.2. The number of rotatable bonds is 3. The number of sulfonamides is 1. The van der Waals surface area contributed by atoms with E-state index < -0.39 is 20.7 Å². The normalized spacial score (nSPS) is 11.3. The van der Waals surface area contributed by atoms with Gasteiger partial charge in [0.2, 0.25) is 0 Å². The summed E-state index contributed by atoms with van der Waals surface area (Å²) in [5, 5.41) is 0. The molecule has 0 aliphatic rings. The summed E-state index contributed by atoms with van der Waals surface area (Å²) in [4.78, 5) is 3.50. The molecule has 1 aromatic carbocycles. The number of nitrogens with two attached hydrogens (primary N) is 1. The number of hydrogen-bond donors (Lipinski definition) is 2. The van der Waals surface area contributed by atoms with Crippen molar-refractivity contribution in [2.24, 2.45) is 0 Å². The second kappa shape index (κ2) is 4.85. The molecule has 5 nitrogen and oxygen atoms in total. The highest BCUT2D eigenvalue weighted by Crippen LogP contribution is 2.20. The number of aromatic nitrogens is 1. The monoisotopic (exact) mass is 281 g/mol. The Kier molecular flexibility index (Phi) is 3.39. The van der Waals surface area contributed by atoms with Crippen LogP contribution in [0.15, 0.2) is 41.4 Å². The minimum Gasteiger partial charge on any atom is -0.399 e. The summed E-state index contributed by atoms with van der Waals surface area (Å²) < 4.78 is 40.0. The van der Waals surface area contributed by atoms with Crippen LogP contribution in [-0.2, 0) is 10.0 Å². The van der Waals surface area contributed by atoms with Crippen molar-refractivity contribution in [3.05, 3.63) is 48.0 Å². The molecule has 0 unspecified atom stereocenters. The maximum absolute atomic E-state index is 13.6. The van der Waals surface area contributed by atoms with Crippen LogP contribution in [0.4, 0.5) is 15.8 Å². The van der Waals surface area contributed by atoms with Crippen LogP contribution in [0.1, 0.15) is 5.69 Å². The van der Waals surface area contributed by atoms with E-state index in [1.807, 2.05) is 0 Å². The Bertz CT molecular complexity index is 717. The van der Waals surface area contributed by atoms with Gasteiger partial charge in [-0.15, -0.1) is 0 Å². The maximum Gasteiger partial charge on any atom is 0.264 e. The van der Waals surface area contributed by atoms with Gasteiger partial charge >= 0.3 is 0 Å². The smallest absolute Gasteiger partial charge is 0.264 e. The molecule has 3 N–H and O–H groups in total. The van der Waals surface area contributed by atoms with Gasteiger partial charge in [0, 0.05) is 17.6 Å². The summed E-state index contributed by atoms with van der Waals surface area (Å²) >= 11 is 0. The van der Waals surface area contributed by atoms with Crippen LogP contribution >= 0.6 is 0 Å². The van der Waals surface area contributed by atoms with Gasteiger partial charge in [-0.2, -0.15) is 0 Å². The Labute approximate surface area is 110 Å². The van der Waals surface area contributed by atoms with Crippen molar-refractivity contribution < 1.29 is 12.8 Å². The van der Waals surface area contributed by atoms with E-state index in [0.717, 1.165) is 12.1 Å². The molecule has 0 aliphatic carbocycles. The Morgan fingerprint density at radius 3 is 2.63 bits per heavy atom. The van der Waals surface area contributed by atoms with E-state index in [1.54, 1.807) is 13.0 Å². The van der Waals surface area contributed by atoms with Crippen molar-refractivity contribution in [3.63, 3.8) is 0 Å². The SMILES string of the molecule is Cc1cc(NS(=O)(=O)c2ccc(N)cc2F)ccn1. The predicted octanol–water partition coefficient (Wildman–Crippen LogP) is 1.91. The first-order valence-corrected chi connectivity index (χ1v) is 6.87. The minimum atomic E-state index is -3.99. The molecular formula is C12H12FN3O2S. The third-order valence-electron chi connectivity index (χ3n) is 2.39. The number of benzene rings is 1. The highest BCUT2D eigenvalue weighted by Gasteiger charge is 2.19. The molecule has 1 aromatic heterocycles. The number of anilines is 2. The summed E-state index contributed by atoms with van der Waals surface area (Å²) in [6.07, 6.45) is 1.46. The van der Waals surface area contributed by atoms with Gasteiger partial charge in [-0.1, -0.05) is 0 Å². The number of aryl methyl sites for hydroxylation is 1. The Morgan fingerprint density at radius 2 is 2.00 bits per heavy atom. The van der Waals surface area contributed by atoms with Crippen LogP contribution in [0.3, 0.4) is 0 Å². The summed E-state index contributed by atoms with van der Waals surface area (Å²) in [6, 6.07) is 6.45. The summed E-state index contributed by atoms with van der Waals surface area (Å²) in [7, 11) is -3.99. The maximum atomic E-state index is 13.6. The molecule has 1 heterocycles. The van der Waals surface area contributed by atoms with E-state index in [9.17, 15) is 12.8 Å². The third-order valence-corrected chi connectivity index (χ3v) is 3.81. The van der Waals surface area contributed by atoms with Crippen LogP contribution < -0.4 is 10.5 Å².